The van der Waals surface area contributed by atoms with E-state index in [1.807, 2.05) is 30.3 Å². The summed E-state index contributed by atoms with van der Waals surface area (Å²) in [4.78, 5) is 3.97. The van der Waals surface area contributed by atoms with E-state index >= 15 is 0 Å². The van der Waals surface area contributed by atoms with Crippen molar-refractivity contribution in [1.82, 2.24) is 4.98 Å². The highest BCUT2D eigenvalue weighted by Gasteiger charge is 2.09. The first kappa shape index (κ1) is 11.7. The van der Waals surface area contributed by atoms with Crippen LogP contribution < -0.4 is 9.47 Å². The van der Waals surface area contributed by atoms with E-state index in [1.54, 1.807) is 13.3 Å². The highest BCUT2D eigenvalue weighted by Crippen LogP contribution is 2.33. The lowest BCUT2D eigenvalue weighted by atomic mass is 10.2. The van der Waals surface area contributed by atoms with Crippen molar-refractivity contribution in [3.8, 4) is 11.5 Å². The molecule has 17 heavy (non-hydrogen) atoms. The Balaban J connectivity index is 2.12. The van der Waals surface area contributed by atoms with Crippen molar-refractivity contribution in [1.29, 1.82) is 0 Å². The summed E-state index contributed by atoms with van der Waals surface area (Å²) in [7, 11) is 1.55. The molecule has 0 fully saturated rings. The molecule has 0 bridgehead atoms. The molecular weight excluding hydrogens is 238 g/mol. The molecule has 0 unspecified atom stereocenters. The lowest BCUT2D eigenvalue weighted by Crippen LogP contribution is -1.98. The maximum absolute atomic E-state index is 5.94. The third-order valence-electron chi connectivity index (χ3n) is 2.26. The molecule has 0 spiro atoms. The van der Waals surface area contributed by atoms with Crippen LogP contribution in [0.1, 0.15) is 5.56 Å². The average molecular weight is 250 g/mol. The second kappa shape index (κ2) is 5.55. The summed E-state index contributed by atoms with van der Waals surface area (Å²) < 4.78 is 10.8. The zero-order valence-corrected chi connectivity index (χ0v) is 10.1. The third kappa shape index (κ3) is 2.88. The quantitative estimate of drug-likeness (QED) is 0.833. The molecule has 2 rings (SSSR count). The predicted molar refractivity (Wildman–Crippen MR) is 66.6 cm³/mol. The van der Waals surface area contributed by atoms with Gasteiger partial charge in [-0.1, -0.05) is 41.9 Å². The van der Waals surface area contributed by atoms with Crippen LogP contribution in [0.5, 0.6) is 11.5 Å². The Bertz CT molecular complexity index is 488. The van der Waals surface area contributed by atoms with Gasteiger partial charge >= 0.3 is 0 Å². The molecule has 0 aliphatic carbocycles. The number of hydrogen-bond donors (Lipinski definition) is 0. The van der Waals surface area contributed by atoms with Crippen LogP contribution in [0.2, 0.25) is 5.02 Å². The van der Waals surface area contributed by atoms with Gasteiger partial charge in [0.25, 0.3) is 0 Å². The number of nitrogens with zero attached hydrogens (tertiary/aromatic N) is 1. The second-order valence-electron chi connectivity index (χ2n) is 3.43. The zero-order valence-electron chi connectivity index (χ0n) is 9.39. The van der Waals surface area contributed by atoms with Gasteiger partial charge in [0.15, 0.2) is 11.5 Å². The van der Waals surface area contributed by atoms with Gasteiger partial charge in [0.2, 0.25) is 0 Å². The standard InChI is InChI=1S/C13H12ClNO2/c1-16-13-11(14)7-15-8-12(13)17-9-10-5-3-2-4-6-10/h2-8H,9H2,1H3. The normalized spacial score (nSPS) is 10.0. The zero-order chi connectivity index (χ0) is 12.1. The fourth-order valence-corrected chi connectivity index (χ4v) is 1.67. The van der Waals surface area contributed by atoms with Crippen LogP contribution in [0.15, 0.2) is 42.7 Å². The maximum atomic E-state index is 5.94. The van der Waals surface area contributed by atoms with E-state index in [2.05, 4.69) is 4.98 Å². The summed E-state index contributed by atoms with van der Waals surface area (Å²) in [6.07, 6.45) is 3.11. The van der Waals surface area contributed by atoms with Crippen LogP contribution in [0.4, 0.5) is 0 Å². The van der Waals surface area contributed by atoms with Gasteiger partial charge in [-0.2, -0.15) is 0 Å². The van der Waals surface area contributed by atoms with Crippen molar-refractivity contribution in [3.63, 3.8) is 0 Å². The smallest absolute Gasteiger partial charge is 0.182 e. The minimum atomic E-state index is 0.443. The summed E-state index contributed by atoms with van der Waals surface area (Å²) in [6, 6.07) is 9.87. The van der Waals surface area contributed by atoms with Gasteiger partial charge in [0.1, 0.15) is 11.6 Å². The molecule has 0 N–H and O–H groups in total. The van der Waals surface area contributed by atoms with E-state index in [9.17, 15) is 0 Å². The molecular formula is C13H12ClNO2. The topological polar surface area (TPSA) is 31.4 Å². The van der Waals surface area contributed by atoms with Crippen molar-refractivity contribution >= 4 is 11.6 Å². The number of rotatable bonds is 4. The van der Waals surface area contributed by atoms with E-state index in [0.717, 1.165) is 5.56 Å². The van der Waals surface area contributed by atoms with Crippen molar-refractivity contribution in [2.24, 2.45) is 0 Å². The van der Waals surface area contributed by atoms with Crippen LogP contribution in [-0.4, -0.2) is 12.1 Å². The number of benzene rings is 1. The summed E-state index contributed by atoms with van der Waals surface area (Å²) in [5.74, 6) is 1.06. The molecule has 3 nitrogen and oxygen atoms in total. The number of halogens is 1. The maximum Gasteiger partial charge on any atom is 0.182 e. The van der Waals surface area contributed by atoms with E-state index < -0.39 is 0 Å². The van der Waals surface area contributed by atoms with Crippen LogP contribution >= 0.6 is 11.6 Å². The van der Waals surface area contributed by atoms with Crippen molar-refractivity contribution < 1.29 is 9.47 Å². The van der Waals surface area contributed by atoms with E-state index in [1.165, 1.54) is 6.20 Å². The van der Waals surface area contributed by atoms with Gasteiger partial charge in [0, 0.05) is 6.20 Å². The number of pyridine rings is 1. The molecule has 1 aromatic heterocycles. The van der Waals surface area contributed by atoms with Gasteiger partial charge in [-0.3, -0.25) is 4.98 Å². The molecule has 0 saturated carbocycles. The fourth-order valence-electron chi connectivity index (χ4n) is 1.44. The minimum absolute atomic E-state index is 0.443. The highest BCUT2D eigenvalue weighted by atomic mass is 35.5. The molecule has 1 heterocycles. The van der Waals surface area contributed by atoms with Crippen LogP contribution in [0.25, 0.3) is 0 Å². The van der Waals surface area contributed by atoms with Gasteiger partial charge in [-0.25, -0.2) is 0 Å². The molecule has 2 aromatic rings. The number of aromatic nitrogens is 1. The van der Waals surface area contributed by atoms with E-state index in [0.29, 0.717) is 23.1 Å². The van der Waals surface area contributed by atoms with Gasteiger partial charge in [-0.05, 0) is 5.56 Å². The molecule has 0 amide bonds. The second-order valence-corrected chi connectivity index (χ2v) is 3.83. The first-order valence-electron chi connectivity index (χ1n) is 5.15. The summed E-state index contributed by atoms with van der Waals surface area (Å²) in [5.41, 5.74) is 1.08. The van der Waals surface area contributed by atoms with Crippen LogP contribution in [0.3, 0.4) is 0 Å². The fraction of sp³-hybridized carbons (Fsp3) is 0.154. The number of hydrogen-bond acceptors (Lipinski definition) is 3. The Kier molecular flexibility index (Phi) is 3.83. The third-order valence-corrected chi connectivity index (χ3v) is 2.53. The Labute approximate surface area is 105 Å². The van der Waals surface area contributed by atoms with E-state index in [4.69, 9.17) is 21.1 Å². The first-order chi connectivity index (χ1) is 8.31. The van der Waals surface area contributed by atoms with Gasteiger partial charge < -0.3 is 9.47 Å². The van der Waals surface area contributed by atoms with Crippen molar-refractivity contribution in [2.75, 3.05) is 7.11 Å². The lowest BCUT2D eigenvalue weighted by molar-refractivity contribution is 0.283. The summed E-state index contributed by atoms with van der Waals surface area (Å²) >= 11 is 5.94. The minimum Gasteiger partial charge on any atom is -0.491 e. The SMILES string of the molecule is COc1c(Cl)cncc1OCc1ccccc1. The largest absolute Gasteiger partial charge is 0.491 e. The Hall–Kier alpha value is -1.74. The Morgan fingerprint density at radius 1 is 1.18 bits per heavy atom. The average Bonchev–Trinajstić information content (AvgIpc) is 2.37. The Morgan fingerprint density at radius 2 is 1.94 bits per heavy atom. The molecule has 0 aliphatic heterocycles. The number of methoxy groups -OCH3 is 1. The van der Waals surface area contributed by atoms with Gasteiger partial charge in [-0.15, -0.1) is 0 Å². The van der Waals surface area contributed by atoms with Crippen molar-refractivity contribution in [3.05, 3.63) is 53.3 Å². The monoisotopic (exact) mass is 249 g/mol. The molecule has 4 heteroatoms. The molecule has 0 saturated heterocycles. The van der Waals surface area contributed by atoms with Gasteiger partial charge in [0.05, 0.1) is 13.3 Å². The van der Waals surface area contributed by atoms with Crippen LogP contribution in [0, 0.1) is 0 Å². The Morgan fingerprint density at radius 3 is 2.65 bits per heavy atom. The molecule has 0 radical (unpaired) electrons. The summed E-state index contributed by atoms with van der Waals surface area (Å²) in [5, 5.41) is 0.443. The van der Waals surface area contributed by atoms with E-state index in [-0.39, 0.29) is 0 Å². The predicted octanol–water partition coefficient (Wildman–Crippen LogP) is 3.32. The molecule has 1 aromatic carbocycles. The van der Waals surface area contributed by atoms with Crippen molar-refractivity contribution in [2.45, 2.75) is 6.61 Å². The first-order valence-corrected chi connectivity index (χ1v) is 5.53. The number of ether oxygens (including phenoxy) is 2. The molecule has 0 aliphatic rings. The lowest BCUT2D eigenvalue weighted by Gasteiger charge is -2.10. The van der Waals surface area contributed by atoms with Crippen LogP contribution in [-0.2, 0) is 6.61 Å². The summed E-state index contributed by atoms with van der Waals surface area (Å²) in [6.45, 7) is 0.458. The molecule has 88 valence electrons. The molecule has 0 atom stereocenters. The highest BCUT2D eigenvalue weighted by molar-refractivity contribution is 6.32.